The highest BCUT2D eigenvalue weighted by Gasteiger charge is 2.50. The van der Waals surface area contributed by atoms with Crippen LogP contribution in [0.5, 0.6) is 11.5 Å². The Morgan fingerprint density at radius 2 is 1.83 bits per heavy atom. The number of nitrogens with zero attached hydrogens (tertiary/aromatic N) is 1. The number of carbonyl (C=O) groups is 1. The van der Waals surface area contributed by atoms with Crippen LogP contribution in [0.2, 0.25) is 0 Å². The van der Waals surface area contributed by atoms with Crippen molar-refractivity contribution in [1.29, 1.82) is 0 Å². The van der Waals surface area contributed by atoms with Crippen molar-refractivity contribution in [2.24, 2.45) is 5.41 Å². The number of hydrogen-bond acceptors (Lipinski definition) is 5. The van der Waals surface area contributed by atoms with Gasteiger partial charge in [-0.3, -0.25) is 0 Å². The van der Waals surface area contributed by atoms with Gasteiger partial charge < -0.3 is 29.2 Å². The second kappa shape index (κ2) is 6.14. The first kappa shape index (κ1) is 16.9. The zero-order valence-corrected chi connectivity index (χ0v) is 14.5. The molecule has 0 unspecified atom stereocenters. The highest BCUT2D eigenvalue weighted by molar-refractivity contribution is 5.92. The van der Waals surface area contributed by atoms with Gasteiger partial charge in [0.05, 0.1) is 38.5 Å². The quantitative estimate of drug-likeness (QED) is 0.917. The molecule has 7 nitrogen and oxygen atoms in total. The standard InChI is InChI=1S/C17H24N2O5/c1-16(2)23-10-17(11-24-16)8-19(9-17)15(20)18-12-6-5-7-13(21-3)14(12)22-4/h5-7H,8-11H2,1-4H3,(H,18,20). The first-order valence-corrected chi connectivity index (χ1v) is 7.93. The lowest BCUT2D eigenvalue weighted by atomic mass is 9.81. The van der Waals surface area contributed by atoms with Crippen molar-refractivity contribution in [1.82, 2.24) is 4.90 Å². The Morgan fingerprint density at radius 3 is 2.42 bits per heavy atom. The second-order valence-corrected chi connectivity index (χ2v) is 6.80. The third kappa shape index (κ3) is 3.14. The van der Waals surface area contributed by atoms with Crippen LogP contribution in [0.15, 0.2) is 18.2 Å². The Kier molecular flexibility index (Phi) is 4.31. The summed E-state index contributed by atoms with van der Waals surface area (Å²) in [5.74, 6) is 0.545. The summed E-state index contributed by atoms with van der Waals surface area (Å²) in [6.45, 7) is 6.23. The molecule has 2 aliphatic heterocycles. The maximum Gasteiger partial charge on any atom is 0.321 e. The van der Waals surface area contributed by atoms with Crippen molar-refractivity contribution in [2.75, 3.05) is 45.8 Å². The summed E-state index contributed by atoms with van der Waals surface area (Å²) >= 11 is 0. The number of carbonyl (C=O) groups excluding carboxylic acids is 1. The SMILES string of the molecule is COc1cccc(NC(=O)N2CC3(COC(C)(C)OC3)C2)c1OC. The lowest BCUT2D eigenvalue weighted by Crippen LogP contribution is -2.66. The third-order valence-corrected chi connectivity index (χ3v) is 4.44. The molecule has 0 aromatic heterocycles. The van der Waals surface area contributed by atoms with Crippen molar-refractivity contribution in [3.05, 3.63) is 18.2 Å². The minimum atomic E-state index is -0.540. The molecule has 2 saturated heterocycles. The summed E-state index contributed by atoms with van der Waals surface area (Å²) in [7, 11) is 3.11. The number of rotatable bonds is 3. The van der Waals surface area contributed by atoms with E-state index < -0.39 is 5.79 Å². The Labute approximate surface area is 141 Å². The average Bonchev–Trinajstić information content (AvgIpc) is 2.52. The van der Waals surface area contributed by atoms with Crippen LogP contribution >= 0.6 is 0 Å². The molecule has 2 amide bonds. The molecule has 2 fully saturated rings. The minimum absolute atomic E-state index is 0.0919. The second-order valence-electron chi connectivity index (χ2n) is 6.80. The Hall–Kier alpha value is -1.99. The fraction of sp³-hybridized carbons (Fsp3) is 0.588. The maximum absolute atomic E-state index is 12.5. The molecule has 1 N–H and O–H groups in total. The number of amides is 2. The van der Waals surface area contributed by atoms with E-state index in [-0.39, 0.29) is 11.4 Å². The van der Waals surface area contributed by atoms with E-state index in [9.17, 15) is 4.79 Å². The molecular weight excluding hydrogens is 312 g/mol. The Balaban J connectivity index is 1.60. The predicted molar refractivity (Wildman–Crippen MR) is 88.6 cm³/mol. The molecule has 7 heteroatoms. The summed E-state index contributed by atoms with van der Waals surface area (Å²) in [5.41, 5.74) is 0.491. The molecule has 2 heterocycles. The van der Waals surface area contributed by atoms with Crippen molar-refractivity contribution in [3.8, 4) is 11.5 Å². The molecule has 0 aliphatic carbocycles. The van der Waals surface area contributed by atoms with Crippen LogP contribution < -0.4 is 14.8 Å². The van der Waals surface area contributed by atoms with Crippen molar-refractivity contribution < 1.29 is 23.7 Å². The summed E-state index contributed by atoms with van der Waals surface area (Å²) < 4.78 is 22.0. The lowest BCUT2D eigenvalue weighted by Gasteiger charge is -2.53. The van der Waals surface area contributed by atoms with E-state index in [0.29, 0.717) is 43.5 Å². The van der Waals surface area contributed by atoms with Gasteiger partial charge in [0.15, 0.2) is 17.3 Å². The van der Waals surface area contributed by atoms with Crippen molar-refractivity contribution >= 4 is 11.7 Å². The molecule has 24 heavy (non-hydrogen) atoms. The number of urea groups is 1. The Bertz CT molecular complexity index is 613. The minimum Gasteiger partial charge on any atom is -0.493 e. The molecule has 3 rings (SSSR count). The van der Waals surface area contributed by atoms with Gasteiger partial charge >= 0.3 is 6.03 Å². The maximum atomic E-state index is 12.5. The summed E-state index contributed by atoms with van der Waals surface area (Å²) in [4.78, 5) is 14.2. The summed E-state index contributed by atoms with van der Waals surface area (Å²) in [5, 5.41) is 2.88. The number of para-hydroxylation sites is 1. The largest absolute Gasteiger partial charge is 0.493 e. The van der Waals surface area contributed by atoms with Crippen LogP contribution in [0.3, 0.4) is 0 Å². The lowest BCUT2D eigenvalue weighted by molar-refractivity contribution is -0.301. The van der Waals surface area contributed by atoms with Gasteiger partial charge in [0.2, 0.25) is 0 Å². The van der Waals surface area contributed by atoms with Gasteiger partial charge in [-0.05, 0) is 26.0 Å². The monoisotopic (exact) mass is 336 g/mol. The van der Waals surface area contributed by atoms with Gasteiger partial charge in [-0.2, -0.15) is 0 Å². The van der Waals surface area contributed by atoms with Gasteiger partial charge in [-0.15, -0.1) is 0 Å². The molecule has 1 aromatic carbocycles. The highest BCUT2D eigenvalue weighted by Crippen LogP contribution is 2.39. The molecule has 1 spiro atoms. The molecular formula is C17H24N2O5. The van der Waals surface area contributed by atoms with Crippen LogP contribution in [0.25, 0.3) is 0 Å². The number of methoxy groups -OCH3 is 2. The van der Waals surface area contributed by atoms with Crippen LogP contribution in [-0.4, -0.2) is 57.2 Å². The van der Waals surface area contributed by atoms with E-state index in [0.717, 1.165) is 0 Å². The molecule has 0 atom stereocenters. The topological polar surface area (TPSA) is 69.3 Å². The number of benzene rings is 1. The zero-order valence-electron chi connectivity index (χ0n) is 14.5. The number of nitrogens with one attached hydrogen (secondary N) is 1. The molecule has 1 aromatic rings. The van der Waals surface area contributed by atoms with E-state index >= 15 is 0 Å². The molecule has 0 radical (unpaired) electrons. The summed E-state index contributed by atoms with van der Waals surface area (Å²) in [6, 6.07) is 5.20. The normalized spacial score (nSPS) is 21.1. The number of hydrogen-bond donors (Lipinski definition) is 1. The Morgan fingerprint density at radius 1 is 1.17 bits per heavy atom. The number of ether oxygens (including phenoxy) is 4. The average molecular weight is 336 g/mol. The van der Waals surface area contributed by atoms with Crippen molar-refractivity contribution in [2.45, 2.75) is 19.6 Å². The fourth-order valence-electron chi connectivity index (χ4n) is 3.01. The third-order valence-electron chi connectivity index (χ3n) is 4.44. The molecule has 0 saturated carbocycles. The van der Waals surface area contributed by atoms with E-state index in [4.69, 9.17) is 18.9 Å². The number of likely N-dealkylation sites (tertiary alicyclic amines) is 1. The predicted octanol–water partition coefficient (Wildman–Crippen LogP) is 2.32. The van der Waals surface area contributed by atoms with Crippen LogP contribution in [-0.2, 0) is 9.47 Å². The molecule has 0 bridgehead atoms. The zero-order chi connectivity index (χ0) is 17.4. The first-order valence-electron chi connectivity index (χ1n) is 7.93. The van der Waals surface area contributed by atoms with E-state index in [2.05, 4.69) is 5.32 Å². The number of anilines is 1. The first-order chi connectivity index (χ1) is 11.4. The van der Waals surface area contributed by atoms with Gasteiger partial charge in [-0.1, -0.05) is 6.07 Å². The van der Waals surface area contributed by atoms with E-state index in [1.54, 1.807) is 37.3 Å². The summed E-state index contributed by atoms with van der Waals surface area (Å²) in [6.07, 6.45) is 0. The van der Waals surface area contributed by atoms with Crippen LogP contribution in [0, 0.1) is 5.41 Å². The highest BCUT2D eigenvalue weighted by atomic mass is 16.7. The molecule has 2 aliphatic rings. The van der Waals surface area contributed by atoms with Gasteiger partial charge in [0.25, 0.3) is 0 Å². The van der Waals surface area contributed by atoms with E-state index in [1.807, 2.05) is 13.8 Å². The van der Waals surface area contributed by atoms with Crippen LogP contribution in [0.1, 0.15) is 13.8 Å². The van der Waals surface area contributed by atoms with Gasteiger partial charge in [0, 0.05) is 13.1 Å². The smallest absolute Gasteiger partial charge is 0.321 e. The molecule has 132 valence electrons. The fourth-order valence-corrected chi connectivity index (χ4v) is 3.01. The van der Waals surface area contributed by atoms with Crippen LogP contribution in [0.4, 0.5) is 10.5 Å². The van der Waals surface area contributed by atoms with Crippen molar-refractivity contribution in [3.63, 3.8) is 0 Å². The van der Waals surface area contributed by atoms with Gasteiger partial charge in [0.1, 0.15) is 0 Å². The van der Waals surface area contributed by atoms with Gasteiger partial charge in [-0.25, -0.2) is 4.79 Å². The van der Waals surface area contributed by atoms with E-state index in [1.165, 1.54) is 0 Å².